The van der Waals surface area contributed by atoms with Crippen LogP contribution in [0.1, 0.15) is 16.7 Å². The van der Waals surface area contributed by atoms with Gasteiger partial charge in [0.15, 0.2) is 17.5 Å². The Morgan fingerprint density at radius 1 is 0.214 bits per heavy atom. The lowest BCUT2D eigenvalue weighted by Gasteiger charge is -2.19. The maximum Gasteiger partial charge on any atom is 0.166 e. The van der Waals surface area contributed by atoms with E-state index in [-0.39, 0.29) is 0 Å². The summed E-state index contributed by atoms with van der Waals surface area (Å²) in [6.45, 7) is 0. The molecule has 0 atom stereocenters. The molecule has 3 heterocycles. The molecule has 98 heavy (non-hydrogen) atoms. The Hall–Kier alpha value is -13.8. The number of hydrogen-bond acceptors (Lipinski definition) is 6. The van der Waals surface area contributed by atoms with E-state index in [0.717, 1.165) is 138 Å². The maximum atomic E-state index is 10.7. The van der Waals surface area contributed by atoms with Gasteiger partial charge in [0.2, 0.25) is 0 Å². The summed E-state index contributed by atoms with van der Waals surface area (Å²) in [5.41, 5.74) is 23.0. The zero-order chi connectivity index (χ0) is 65.6. The van der Waals surface area contributed by atoms with E-state index in [1.807, 2.05) is 115 Å². The fourth-order valence-corrected chi connectivity index (χ4v) is 14.0. The molecule has 0 aliphatic rings. The monoisotopic (exact) mass is 1250 g/mol. The van der Waals surface area contributed by atoms with E-state index in [1.54, 1.807) is 0 Å². The van der Waals surface area contributed by atoms with Gasteiger partial charge in [0.1, 0.15) is 0 Å². The van der Waals surface area contributed by atoms with Crippen molar-refractivity contribution in [3.8, 4) is 142 Å². The molecule has 454 valence electrons. The fourth-order valence-electron chi connectivity index (χ4n) is 14.0. The second-order valence-electron chi connectivity index (χ2n) is 24.4. The predicted octanol–water partition coefficient (Wildman–Crippen LogP) is 22.4. The van der Waals surface area contributed by atoms with Crippen LogP contribution < -0.4 is 0 Å². The van der Waals surface area contributed by atoms with Gasteiger partial charge in [-0.1, -0.05) is 224 Å². The molecule has 0 unspecified atom stereocenters. The van der Waals surface area contributed by atoms with Crippen molar-refractivity contribution in [2.24, 2.45) is 0 Å². The van der Waals surface area contributed by atoms with Gasteiger partial charge in [-0.05, 0) is 181 Å². The Morgan fingerprint density at radius 3 is 0.918 bits per heavy atom. The average Bonchev–Trinajstić information content (AvgIpc) is 1.55. The number of nitriles is 3. The van der Waals surface area contributed by atoms with Gasteiger partial charge in [0.05, 0.1) is 68.3 Å². The van der Waals surface area contributed by atoms with Crippen molar-refractivity contribution in [3.63, 3.8) is 0 Å². The predicted molar refractivity (Wildman–Crippen MR) is 397 cm³/mol. The molecule has 0 saturated carbocycles. The highest BCUT2D eigenvalue weighted by Crippen LogP contribution is 2.45. The smallest absolute Gasteiger partial charge is 0.166 e. The molecule has 17 aromatic rings. The van der Waals surface area contributed by atoms with Crippen molar-refractivity contribution in [3.05, 3.63) is 344 Å². The standard InChI is InChI=1S/C90H54N8/c91-55-58-19-17-30-63(47-58)64-31-18-32-71(48-64)88-94-89(76-41-35-69(74-33-15-13-28-72(74)56-92)53-86(76)97-82-43-37-65(59-20-5-1-6-21-59)49-78(82)79-50-66(38-44-83(79)97)60-22-7-2-8-23-60)96-90(95-88)77-42-36-70(75-34-16-14-29-73(75)57-93)54-87(77)98-84-45-39-67(61-24-9-3-10-25-61)51-80(84)81-52-68(40-46-85(81)98)62-26-11-4-12-27-62/h1-54H. The highest BCUT2D eigenvalue weighted by Gasteiger charge is 2.26. The van der Waals surface area contributed by atoms with Crippen molar-refractivity contribution >= 4 is 43.6 Å². The number of rotatable bonds is 12. The van der Waals surface area contributed by atoms with E-state index < -0.39 is 0 Å². The van der Waals surface area contributed by atoms with Gasteiger partial charge in [-0.2, -0.15) is 15.8 Å². The first kappa shape index (κ1) is 58.0. The van der Waals surface area contributed by atoms with Crippen LogP contribution in [0.4, 0.5) is 0 Å². The number of hydrogen-bond donors (Lipinski definition) is 0. The number of benzene rings is 14. The Balaban J connectivity index is 0.969. The molecular formula is C90H54N8. The van der Waals surface area contributed by atoms with E-state index in [2.05, 4.69) is 240 Å². The number of aromatic nitrogens is 5. The molecule has 3 aromatic heterocycles. The molecule has 0 aliphatic carbocycles. The van der Waals surface area contributed by atoms with Crippen LogP contribution in [0, 0.1) is 34.0 Å². The van der Waals surface area contributed by atoms with Gasteiger partial charge in [-0.25, -0.2) is 15.0 Å². The van der Waals surface area contributed by atoms with E-state index in [0.29, 0.717) is 45.3 Å². The second-order valence-corrected chi connectivity index (χ2v) is 24.4. The first-order valence-corrected chi connectivity index (χ1v) is 32.5. The summed E-state index contributed by atoms with van der Waals surface area (Å²) < 4.78 is 4.65. The molecule has 0 fully saturated rings. The topological polar surface area (TPSA) is 120 Å². The van der Waals surface area contributed by atoms with Crippen LogP contribution in [0.25, 0.3) is 167 Å². The summed E-state index contributed by atoms with van der Waals surface area (Å²) in [5, 5.41) is 35.7. The van der Waals surface area contributed by atoms with Gasteiger partial charge in [0.25, 0.3) is 0 Å². The van der Waals surface area contributed by atoms with Gasteiger partial charge in [-0.3, -0.25) is 0 Å². The summed E-state index contributed by atoms with van der Waals surface area (Å²) in [4.78, 5) is 17.0. The molecule has 0 saturated heterocycles. The SMILES string of the molecule is N#Cc1cccc(-c2cccc(-c3nc(-c4ccc(-c5ccccc5C#N)cc4-n4c5ccc(-c6ccccc6)cc5c5cc(-c6ccccc6)ccc54)nc(-c4ccc(-c5ccccc5C#N)cc4-n4c5ccc(-c6ccccc6)cc5c5cc(-c6ccccc6)ccc54)n3)c2)c1. The van der Waals surface area contributed by atoms with Crippen LogP contribution in [0.3, 0.4) is 0 Å². The van der Waals surface area contributed by atoms with E-state index in [1.165, 1.54) is 0 Å². The molecule has 8 nitrogen and oxygen atoms in total. The Morgan fingerprint density at radius 2 is 0.531 bits per heavy atom. The molecule has 0 aliphatic heterocycles. The Bertz CT molecular complexity index is 5630. The average molecular weight is 1250 g/mol. The van der Waals surface area contributed by atoms with Crippen LogP contribution in [0.2, 0.25) is 0 Å². The molecular weight excluding hydrogens is 1190 g/mol. The lowest BCUT2D eigenvalue weighted by molar-refractivity contribution is 1.06. The van der Waals surface area contributed by atoms with Crippen LogP contribution >= 0.6 is 0 Å². The van der Waals surface area contributed by atoms with Gasteiger partial charge >= 0.3 is 0 Å². The summed E-state index contributed by atoms with van der Waals surface area (Å²) in [5.74, 6) is 1.23. The molecule has 0 amide bonds. The summed E-state index contributed by atoms with van der Waals surface area (Å²) in [6, 6.07) is 120. The maximum absolute atomic E-state index is 10.7. The van der Waals surface area contributed by atoms with Crippen LogP contribution in [0.15, 0.2) is 328 Å². The summed E-state index contributed by atoms with van der Waals surface area (Å²) in [6.07, 6.45) is 0. The van der Waals surface area contributed by atoms with Crippen molar-refractivity contribution in [1.82, 2.24) is 24.1 Å². The lowest BCUT2D eigenvalue weighted by atomic mass is 9.97. The van der Waals surface area contributed by atoms with E-state index in [4.69, 9.17) is 15.0 Å². The van der Waals surface area contributed by atoms with Crippen molar-refractivity contribution in [2.45, 2.75) is 0 Å². The lowest BCUT2D eigenvalue weighted by Crippen LogP contribution is -2.06. The zero-order valence-corrected chi connectivity index (χ0v) is 52.8. The van der Waals surface area contributed by atoms with Crippen LogP contribution in [-0.4, -0.2) is 24.1 Å². The third-order valence-corrected chi connectivity index (χ3v) is 18.7. The minimum atomic E-state index is 0.404. The van der Waals surface area contributed by atoms with Gasteiger partial charge in [-0.15, -0.1) is 0 Å². The molecule has 0 bridgehead atoms. The summed E-state index contributed by atoms with van der Waals surface area (Å²) in [7, 11) is 0. The molecule has 0 spiro atoms. The third-order valence-electron chi connectivity index (χ3n) is 18.7. The van der Waals surface area contributed by atoms with Gasteiger partial charge in [0, 0.05) is 38.2 Å². The molecule has 17 rings (SSSR count). The quantitative estimate of drug-likeness (QED) is 0.120. The first-order chi connectivity index (χ1) is 48.4. The van der Waals surface area contributed by atoms with E-state index >= 15 is 0 Å². The van der Waals surface area contributed by atoms with E-state index in [9.17, 15) is 15.8 Å². The Kier molecular flexibility index (Phi) is 14.5. The van der Waals surface area contributed by atoms with Crippen LogP contribution in [0.5, 0.6) is 0 Å². The molecule has 0 N–H and O–H groups in total. The highest BCUT2D eigenvalue weighted by molar-refractivity contribution is 6.14. The van der Waals surface area contributed by atoms with Crippen molar-refractivity contribution in [2.75, 3.05) is 0 Å². The highest BCUT2D eigenvalue weighted by atomic mass is 15.1. The minimum absolute atomic E-state index is 0.404. The van der Waals surface area contributed by atoms with Crippen molar-refractivity contribution in [1.29, 1.82) is 15.8 Å². The Labute approximate surface area is 566 Å². The third kappa shape index (κ3) is 10.4. The number of fused-ring (bicyclic) bond motifs is 6. The largest absolute Gasteiger partial charge is 0.308 e. The van der Waals surface area contributed by atoms with Crippen molar-refractivity contribution < 1.29 is 0 Å². The minimum Gasteiger partial charge on any atom is -0.308 e. The fraction of sp³-hybridized carbons (Fsp3) is 0. The molecule has 8 heteroatoms. The normalized spacial score (nSPS) is 11.2. The second kappa shape index (κ2) is 24.6. The zero-order valence-electron chi connectivity index (χ0n) is 52.8. The number of nitrogens with zero attached hydrogens (tertiary/aromatic N) is 8. The molecule has 0 radical (unpaired) electrons. The molecule has 14 aromatic carbocycles. The summed E-state index contributed by atoms with van der Waals surface area (Å²) >= 11 is 0. The first-order valence-electron chi connectivity index (χ1n) is 32.5. The van der Waals surface area contributed by atoms with Crippen LogP contribution in [-0.2, 0) is 0 Å². The van der Waals surface area contributed by atoms with Gasteiger partial charge < -0.3 is 9.13 Å².